The number of imidazole rings is 1. The van der Waals surface area contributed by atoms with Gasteiger partial charge in [0.1, 0.15) is 5.82 Å². The van der Waals surface area contributed by atoms with Crippen LogP contribution in [0.25, 0.3) is 0 Å². The van der Waals surface area contributed by atoms with Gasteiger partial charge in [-0.25, -0.2) is 9.78 Å². The maximum absolute atomic E-state index is 11.6. The molecule has 1 aromatic heterocycles. The van der Waals surface area contributed by atoms with Gasteiger partial charge in [0.15, 0.2) is 6.61 Å². The number of rotatable bonds is 3. The molecular formula is C7H8F3N3O2. The summed E-state index contributed by atoms with van der Waals surface area (Å²) in [5.74, 6) is 0.430. The van der Waals surface area contributed by atoms with Crippen molar-refractivity contribution in [2.75, 3.05) is 6.61 Å². The molecule has 0 saturated carbocycles. The summed E-state index contributed by atoms with van der Waals surface area (Å²) in [5.41, 5.74) is 0. The van der Waals surface area contributed by atoms with Gasteiger partial charge in [-0.05, 0) is 0 Å². The largest absolute Gasteiger partial charge is 0.440 e. The van der Waals surface area contributed by atoms with Crippen LogP contribution in [-0.2, 0) is 11.3 Å². The molecule has 1 aromatic rings. The summed E-state index contributed by atoms with van der Waals surface area (Å²) in [4.78, 5) is 17.1. The van der Waals surface area contributed by atoms with Crippen molar-refractivity contribution < 1.29 is 22.7 Å². The van der Waals surface area contributed by atoms with E-state index in [1.54, 1.807) is 0 Å². The van der Waals surface area contributed by atoms with Gasteiger partial charge < -0.3 is 15.0 Å². The van der Waals surface area contributed by atoms with Gasteiger partial charge in [-0.1, -0.05) is 0 Å². The quantitative estimate of drug-likeness (QED) is 0.808. The zero-order valence-corrected chi connectivity index (χ0v) is 7.47. The number of alkyl halides is 3. The van der Waals surface area contributed by atoms with Crippen LogP contribution in [0.1, 0.15) is 5.82 Å². The first kappa shape index (κ1) is 11.3. The van der Waals surface area contributed by atoms with Crippen LogP contribution in [0.5, 0.6) is 0 Å². The fourth-order valence-electron chi connectivity index (χ4n) is 0.749. The molecule has 0 unspecified atom stereocenters. The summed E-state index contributed by atoms with van der Waals surface area (Å²) in [7, 11) is 0. The number of aromatic nitrogens is 2. The van der Waals surface area contributed by atoms with Gasteiger partial charge in [-0.3, -0.25) is 0 Å². The summed E-state index contributed by atoms with van der Waals surface area (Å²) in [6.07, 6.45) is -2.67. The average molecular weight is 223 g/mol. The Bertz CT molecular complexity index is 310. The number of carbonyl (C=O) groups excluding carboxylic acids is 1. The zero-order chi connectivity index (χ0) is 11.3. The van der Waals surface area contributed by atoms with Crippen LogP contribution in [0, 0.1) is 0 Å². The maximum Gasteiger partial charge on any atom is 0.422 e. The molecule has 0 spiro atoms. The third-order valence-corrected chi connectivity index (χ3v) is 1.32. The molecule has 0 aromatic carbocycles. The van der Waals surface area contributed by atoms with Gasteiger partial charge in [0.25, 0.3) is 0 Å². The van der Waals surface area contributed by atoms with Crippen molar-refractivity contribution in [3.05, 3.63) is 18.2 Å². The van der Waals surface area contributed by atoms with Crippen molar-refractivity contribution in [1.29, 1.82) is 0 Å². The third kappa shape index (κ3) is 4.89. The lowest BCUT2D eigenvalue weighted by Crippen LogP contribution is -2.28. The Hall–Kier alpha value is -1.73. The molecule has 0 saturated heterocycles. The average Bonchev–Trinajstić information content (AvgIpc) is 2.62. The molecule has 8 heteroatoms. The lowest BCUT2D eigenvalue weighted by atomic mass is 10.6. The van der Waals surface area contributed by atoms with Crippen molar-refractivity contribution in [2.24, 2.45) is 0 Å². The van der Waals surface area contributed by atoms with Crippen molar-refractivity contribution in [1.82, 2.24) is 15.3 Å². The second-order valence-electron chi connectivity index (χ2n) is 2.58. The van der Waals surface area contributed by atoms with E-state index in [0.717, 1.165) is 0 Å². The SMILES string of the molecule is O=C(NCc1ncc[nH]1)OCC(F)(F)F. The van der Waals surface area contributed by atoms with E-state index >= 15 is 0 Å². The number of amides is 1. The smallest absolute Gasteiger partial charge is 0.422 e. The predicted molar refractivity (Wildman–Crippen MR) is 42.8 cm³/mol. The standard InChI is InChI=1S/C7H8F3N3O2/c8-7(9,10)4-15-6(14)13-3-5-11-1-2-12-5/h1-2H,3-4H2,(H,11,12)(H,13,14). The number of aromatic amines is 1. The number of hydrogen-bond acceptors (Lipinski definition) is 3. The third-order valence-electron chi connectivity index (χ3n) is 1.32. The number of nitrogens with zero attached hydrogens (tertiary/aromatic N) is 1. The molecular weight excluding hydrogens is 215 g/mol. The van der Waals surface area contributed by atoms with E-state index < -0.39 is 18.9 Å². The molecule has 2 N–H and O–H groups in total. The van der Waals surface area contributed by atoms with Crippen LogP contribution in [0.2, 0.25) is 0 Å². The first-order chi connectivity index (χ1) is 6.97. The topological polar surface area (TPSA) is 67.0 Å². The highest BCUT2D eigenvalue weighted by molar-refractivity contribution is 5.66. The highest BCUT2D eigenvalue weighted by atomic mass is 19.4. The van der Waals surface area contributed by atoms with E-state index in [1.165, 1.54) is 12.4 Å². The molecule has 1 heterocycles. The maximum atomic E-state index is 11.6. The minimum atomic E-state index is -4.51. The highest BCUT2D eigenvalue weighted by Gasteiger charge is 2.29. The number of alkyl carbamates (subject to hydrolysis) is 1. The Labute approximate surface area is 82.6 Å². The van der Waals surface area contributed by atoms with Crippen LogP contribution in [0.15, 0.2) is 12.4 Å². The molecule has 15 heavy (non-hydrogen) atoms. The van der Waals surface area contributed by atoms with Crippen molar-refractivity contribution in [3.8, 4) is 0 Å². The molecule has 84 valence electrons. The predicted octanol–water partition coefficient (Wildman–Crippen LogP) is 1.20. The second-order valence-corrected chi connectivity index (χ2v) is 2.58. The Balaban J connectivity index is 2.20. The molecule has 1 amide bonds. The van der Waals surface area contributed by atoms with Crippen LogP contribution in [-0.4, -0.2) is 28.8 Å². The Morgan fingerprint density at radius 2 is 2.33 bits per heavy atom. The fourth-order valence-corrected chi connectivity index (χ4v) is 0.749. The molecule has 0 aliphatic heterocycles. The first-order valence-electron chi connectivity index (χ1n) is 3.93. The first-order valence-corrected chi connectivity index (χ1v) is 3.93. The molecule has 1 rings (SSSR count). The van der Waals surface area contributed by atoms with E-state index in [0.29, 0.717) is 5.82 Å². The van der Waals surface area contributed by atoms with E-state index in [9.17, 15) is 18.0 Å². The number of hydrogen-bond donors (Lipinski definition) is 2. The van der Waals surface area contributed by atoms with Crippen LogP contribution in [0.4, 0.5) is 18.0 Å². The number of nitrogens with one attached hydrogen (secondary N) is 2. The number of carbonyl (C=O) groups is 1. The van der Waals surface area contributed by atoms with Gasteiger partial charge in [0.2, 0.25) is 0 Å². The van der Waals surface area contributed by atoms with E-state index in [-0.39, 0.29) is 6.54 Å². The van der Waals surface area contributed by atoms with Gasteiger partial charge >= 0.3 is 12.3 Å². The molecule has 0 bridgehead atoms. The molecule has 0 aliphatic rings. The molecule has 0 atom stereocenters. The summed E-state index contributed by atoms with van der Waals surface area (Å²) < 4.78 is 38.7. The lowest BCUT2D eigenvalue weighted by molar-refractivity contribution is -0.160. The van der Waals surface area contributed by atoms with Gasteiger partial charge in [0, 0.05) is 12.4 Å². The molecule has 0 radical (unpaired) electrons. The molecule has 0 aliphatic carbocycles. The number of halogens is 3. The molecule has 0 fully saturated rings. The zero-order valence-electron chi connectivity index (χ0n) is 7.47. The van der Waals surface area contributed by atoms with Crippen molar-refractivity contribution in [3.63, 3.8) is 0 Å². The number of H-pyrrole nitrogens is 1. The van der Waals surface area contributed by atoms with Gasteiger partial charge in [-0.15, -0.1) is 0 Å². The highest BCUT2D eigenvalue weighted by Crippen LogP contribution is 2.14. The van der Waals surface area contributed by atoms with Crippen molar-refractivity contribution >= 4 is 6.09 Å². The Morgan fingerprint density at radius 1 is 1.60 bits per heavy atom. The summed E-state index contributed by atoms with van der Waals surface area (Å²) in [6, 6.07) is 0. The van der Waals surface area contributed by atoms with E-state index in [4.69, 9.17) is 0 Å². The van der Waals surface area contributed by atoms with Crippen LogP contribution < -0.4 is 5.32 Å². The summed E-state index contributed by atoms with van der Waals surface area (Å²) in [5, 5.41) is 2.10. The monoisotopic (exact) mass is 223 g/mol. The lowest BCUT2D eigenvalue weighted by Gasteiger charge is -2.07. The molecule has 5 nitrogen and oxygen atoms in total. The Morgan fingerprint density at radius 3 is 2.87 bits per heavy atom. The minimum Gasteiger partial charge on any atom is -0.440 e. The van der Waals surface area contributed by atoms with E-state index in [1.807, 2.05) is 0 Å². The fraction of sp³-hybridized carbons (Fsp3) is 0.429. The second kappa shape index (κ2) is 4.67. The normalized spacial score (nSPS) is 11.1. The van der Waals surface area contributed by atoms with Gasteiger partial charge in [0.05, 0.1) is 6.54 Å². The summed E-state index contributed by atoms with van der Waals surface area (Å²) >= 11 is 0. The van der Waals surface area contributed by atoms with Crippen LogP contribution >= 0.6 is 0 Å². The minimum absolute atomic E-state index is 0.0102. The van der Waals surface area contributed by atoms with Crippen LogP contribution in [0.3, 0.4) is 0 Å². The van der Waals surface area contributed by atoms with Gasteiger partial charge in [-0.2, -0.15) is 13.2 Å². The van der Waals surface area contributed by atoms with Crippen molar-refractivity contribution in [2.45, 2.75) is 12.7 Å². The Kier molecular flexibility index (Phi) is 3.53. The number of ether oxygens (including phenoxy) is 1. The summed E-state index contributed by atoms with van der Waals surface area (Å²) in [6.45, 7) is -1.61. The van der Waals surface area contributed by atoms with E-state index in [2.05, 4.69) is 20.0 Å².